The number of rotatable bonds is 4. The first-order valence-electron chi connectivity index (χ1n) is 5.68. The maximum Gasteiger partial charge on any atom is 0.119 e. The summed E-state index contributed by atoms with van der Waals surface area (Å²) in [7, 11) is 0. The highest BCUT2D eigenvalue weighted by molar-refractivity contribution is 5.56. The largest absolute Gasteiger partial charge is 0.489 e. The zero-order chi connectivity index (χ0) is 12.1. The van der Waals surface area contributed by atoms with Gasteiger partial charge in [0.1, 0.15) is 12.4 Å². The van der Waals surface area contributed by atoms with Crippen molar-refractivity contribution in [1.82, 2.24) is 0 Å². The fraction of sp³-hybridized carbons (Fsp3) is 0.125. The van der Waals surface area contributed by atoms with Gasteiger partial charge < -0.3 is 4.74 Å². The average Bonchev–Trinajstić information content (AvgIpc) is 2.39. The quantitative estimate of drug-likeness (QED) is 0.708. The standard InChI is InChI=1S/C16H16O/c1-13-8-10-15(11-9-13)12-17-14(2)16-6-4-3-5-7-16/h3-11H,2,12H2,1H3. The molecule has 86 valence electrons. The molecule has 2 aromatic rings. The van der Waals surface area contributed by atoms with E-state index in [1.165, 1.54) is 5.56 Å². The Morgan fingerprint density at radius 3 is 2.29 bits per heavy atom. The lowest BCUT2D eigenvalue weighted by atomic mass is 10.1. The number of aryl methyl sites for hydroxylation is 1. The molecule has 0 amide bonds. The van der Waals surface area contributed by atoms with E-state index in [2.05, 4.69) is 37.8 Å². The third kappa shape index (κ3) is 3.22. The van der Waals surface area contributed by atoms with Gasteiger partial charge in [0, 0.05) is 5.56 Å². The summed E-state index contributed by atoms with van der Waals surface area (Å²) >= 11 is 0. The van der Waals surface area contributed by atoms with E-state index in [1.807, 2.05) is 30.3 Å². The Bertz CT molecular complexity index is 483. The highest BCUT2D eigenvalue weighted by atomic mass is 16.5. The first kappa shape index (κ1) is 11.5. The molecule has 1 heteroatoms. The average molecular weight is 224 g/mol. The van der Waals surface area contributed by atoms with Gasteiger partial charge in [-0.05, 0) is 12.5 Å². The summed E-state index contributed by atoms with van der Waals surface area (Å²) in [6.45, 7) is 6.58. The van der Waals surface area contributed by atoms with Crippen LogP contribution in [0.4, 0.5) is 0 Å². The normalized spacial score (nSPS) is 9.94. The van der Waals surface area contributed by atoms with Crippen LogP contribution < -0.4 is 0 Å². The van der Waals surface area contributed by atoms with Gasteiger partial charge in [0.05, 0.1) is 0 Å². The minimum atomic E-state index is 0.563. The molecule has 0 aliphatic rings. The fourth-order valence-electron chi connectivity index (χ4n) is 1.56. The van der Waals surface area contributed by atoms with E-state index < -0.39 is 0 Å². The topological polar surface area (TPSA) is 9.23 Å². The Kier molecular flexibility index (Phi) is 3.61. The second-order valence-electron chi connectivity index (χ2n) is 4.06. The predicted octanol–water partition coefficient (Wildman–Crippen LogP) is 4.18. The minimum Gasteiger partial charge on any atom is -0.489 e. The Labute approximate surface area is 102 Å². The van der Waals surface area contributed by atoms with Gasteiger partial charge in [-0.25, -0.2) is 0 Å². The van der Waals surface area contributed by atoms with Crippen molar-refractivity contribution in [1.29, 1.82) is 0 Å². The predicted molar refractivity (Wildman–Crippen MR) is 71.4 cm³/mol. The molecule has 0 unspecified atom stereocenters. The van der Waals surface area contributed by atoms with Gasteiger partial charge in [0.25, 0.3) is 0 Å². The third-order valence-corrected chi connectivity index (χ3v) is 2.63. The maximum absolute atomic E-state index is 5.66. The molecule has 0 fully saturated rings. The lowest BCUT2D eigenvalue weighted by Crippen LogP contribution is -1.92. The van der Waals surface area contributed by atoms with Crippen LogP contribution >= 0.6 is 0 Å². The molecular formula is C16H16O. The summed E-state index contributed by atoms with van der Waals surface area (Å²) in [5.41, 5.74) is 3.45. The molecule has 2 aromatic carbocycles. The Morgan fingerprint density at radius 2 is 1.65 bits per heavy atom. The molecule has 0 aliphatic heterocycles. The third-order valence-electron chi connectivity index (χ3n) is 2.63. The van der Waals surface area contributed by atoms with Crippen LogP contribution in [0.5, 0.6) is 0 Å². The number of hydrogen-bond acceptors (Lipinski definition) is 1. The molecule has 0 N–H and O–H groups in total. The second-order valence-corrected chi connectivity index (χ2v) is 4.06. The summed E-state index contributed by atoms with van der Waals surface area (Å²) in [5, 5.41) is 0. The summed E-state index contributed by atoms with van der Waals surface area (Å²) in [6.07, 6.45) is 0. The molecule has 1 nitrogen and oxygen atoms in total. The van der Waals surface area contributed by atoms with Crippen molar-refractivity contribution >= 4 is 5.76 Å². The van der Waals surface area contributed by atoms with Crippen molar-refractivity contribution in [3.05, 3.63) is 77.9 Å². The van der Waals surface area contributed by atoms with Crippen LogP contribution in [0.15, 0.2) is 61.2 Å². The first-order chi connectivity index (χ1) is 8.25. The molecule has 0 saturated carbocycles. The van der Waals surface area contributed by atoms with E-state index in [1.54, 1.807) is 0 Å². The summed E-state index contributed by atoms with van der Waals surface area (Å²) < 4.78 is 5.66. The molecule has 0 radical (unpaired) electrons. The molecule has 17 heavy (non-hydrogen) atoms. The van der Waals surface area contributed by atoms with Gasteiger partial charge in [-0.3, -0.25) is 0 Å². The molecule has 0 aromatic heterocycles. The van der Waals surface area contributed by atoms with Gasteiger partial charge in [-0.15, -0.1) is 0 Å². The maximum atomic E-state index is 5.66. The molecule has 0 atom stereocenters. The van der Waals surface area contributed by atoms with Crippen molar-refractivity contribution < 1.29 is 4.74 Å². The van der Waals surface area contributed by atoms with Crippen LogP contribution in [0.1, 0.15) is 16.7 Å². The van der Waals surface area contributed by atoms with Gasteiger partial charge >= 0.3 is 0 Å². The fourth-order valence-corrected chi connectivity index (χ4v) is 1.56. The minimum absolute atomic E-state index is 0.563. The molecule has 0 saturated heterocycles. The number of hydrogen-bond donors (Lipinski definition) is 0. The van der Waals surface area contributed by atoms with Crippen LogP contribution in [0, 0.1) is 6.92 Å². The van der Waals surface area contributed by atoms with Crippen LogP contribution in [-0.4, -0.2) is 0 Å². The van der Waals surface area contributed by atoms with E-state index in [4.69, 9.17) is 4.74 Å². The van der Waals surface area contributed by atoms with Crippen LogP contribution in [0.3, 0.4) is 0 Å². The summed E-state index contributed by atoms with van der Waals surface area (Å²) in [4.78, 5) is 0. The molecular weight excluding hydrogens is 208 g/mol. The van der Waals surface area contributed by atoms with E-state index >= 15 is 0 Å². The number of ether oxygens (including phenoxy) is 1. The zero-order valence-corrected chi connectivity index (χ0v) is 10.0. The smallest absolute Gasteiger partial charge is 0.119 e. The van der Waals surface area contributed by atoms with Gasteiger partial charge in [0.15, 0.2) is 0 Å². The summed E-state index contributed by atoms with van der Waals surface area (Å²) in [5.74, 6) is 0.714. The van der Waals surface area contributed by atoms with Crippen molar-refractivity contribution in [3.63, 3.8) is 0 Å². The van der Waals surface area contributed by atoms with Gasteiger partial charge in [0.2, 0.25) is 0 Å². The monoisotopic (exact) mass is 224 g/mol. The highest BCUT2D eigenvalue weighted by Crippen LogP contribution is 2.15. The zero-order valence-electron chi connectivity index (χ0n) is 10.0. The summed E-state index contributed by atoms with van der Waals surface area (Å²) in [6, 6.07) is 18.3. The lowest BCUT2D eigenvalue weighted by molar-refractivity contribution is 0.265. The Morgan fingerprint density at radius 1 is 1.00 bits per heavy atom. The molecule has 2 rings (SSSR count). The van der Waals surface area contributed by atoms with E-state index in [0.29, 0.717) is 12.4 Å². The van der Waals surface area contributed by atoms with E-state index in [0.717, 1.165) is 11.1 Å². The van der Waals surface area contributed by atoms with Crippen molar-refractivity contribution in [2.75, 3.05) is 0 Å². The Balaban J connectivity index is 1.95. The van der Waals surface area contributed by atoms with Crippen molar-refractivity contribution in [2.45, 2.75) is 13.5 Å². The SMILES string of the molecule is C=C(OCc1ccc(C)cc1)c1ccccc1. The van der Waals surface area contributed by atoms with Gasteiger partial charge in [-0.2, -0.15) is 0 Å². The second kappa shape index (κ2) is 5.35. The molecule has 0 spiro atoms. The first-order valence-corrected chi connectivity index (χ1v) is 5.68. The highest BCUT2D eigenvalue weighted by Gasteiger charge is 1.99. The van der Waals surface area contributed by atoms with Crippen LogP contribution in [0.2, 0.25) is 0 Å². The molecule has 0 heterocycles. The van der Waals surface area contributed by atoms with Gasteiger partial charge in [-0.1, -0.05) is 66.7 Å². The lowest BCUT2D eigenvalue weighted by Gasteiger charge is -2.09. The van der Waals surface area contributed by atoms with Crippen molar-refractivity contribution in [2.24, 2.45) is 0 Å². The molecule has 0 aliphatic carbocycles. The van der Waals surface area contributed by atoms with E-state index in [9.17, 15) is 0 Å². The van der Waals surface area contributed by atoms with E-state index in [-0.39, 0.29) is 0 Å². The van der Waals surface area contributed by atoms with Crippen LogP contribution in [0.25, 0.3) is 5.76 Å². The Hall–Kier alpha value is -2.02. The van der Waals surface area contributed by atoms with Crippen LogP contribution in [-0.2, 0) is 11.3 Å². The number of benzene rings is 2. The molecule has 0 bridgehead atoms. The van der Waals surface area contributed by atoms with Crippen molar-refractivity contribution in [3.8, 4) is 0 Å².